The number of aromatic amines is 1. The molecule has 0 radical (unpaired) electrons. The third-order valence-electron chi connectivity index (χ3n) is 3.46. The number of H-pyrrole nitrogens is 1. The summed E-state index contributed by atoms with van der Waals surface area (Å²) in [5.74, 6) is 1.34. The first-order chi connectivity index (χ1) is 10.5. The van der Waals surface area contributed by atoms with Crippen LogP contribution in [0.1, 0.15) is 41.0 Å². The molecule has 2 heterocycles. The minimum absolute atomic E-state index is 0.472. The highest BCUT2D eigenvalue weighted by Crippen LogP contribution is 2.23. The molecule has 0 aliphatic rings. The second-order valence-electron chi connectivity index (χ2n) is 5.66. The van der Waals surface area contributed by atoms with Gasteiger partial charge in [-0.15, -0.1) is 11.3 Å². The summed E-state index contributed by atoms with van der Waals surface area (Å²) in [6.07, 6.45) is 1.94. The Labute approximate surface area is 136 Å². The minimum Gasteiger partial charge on any atom is -0.364 e. The Morgan fingerprint density at radius 1 is 1.50 bits per heavy atom. The predicted octanol–water partition coefficient (Wildman–Crippen LogP) is 3.11. The molecular formula is C16H25N5S. The third-order valence-corrected chi connectivity index (χ3v) is 4.45. The van der Waals surface area contributed by atoms with Crippen molar-refractivity contribution < 1.29 is 0 Å². The van der Waals surface area contributed by atoms with Crippen molar-refractivity contribution >= 4 is 17.3 Å². The Kier molecular flexibility index (Phi) is 5.60. The highest BCUT2D eigenvalue weighted by Gasteiger charge is 2.12. The highest BCUT2D eigenvalue weighted by atomic mass is 32.1. The quantitative estimate of drug-likeness (QED) is 0.657. The maximum atomic E-state index is 4.73. The molecule has 2 N–H and O–H groups in total. The molecule has 2 aromatic heterocycles. The molecule has 0 spiro atoms. The van der Waals surface area contributed by atoms with Crippen molar-refractivity contribution in [1.29, 1.82) is 0 Å². The van der Waals surface area contributed by atoms with Gasteiger partial charge >= 0.3 is 0 Å². The fourth-order valence-corrected chi connectivity index (χ4v) is 3.44. The normalized spacial score (nSPS) is 12.0. The molecule has 0 amide bonds. The summed E-state index contributed by atoms with van der Waals surface area (Å²) < 4.78 is 0. The Morgan fingerprint density at radius 2 is 2.27 bits per heavy atom. The molecule has 0 atom stereocenters. The summed E-state index contributed by atoms with van der Waals surface area (Å²) in [6.45, 7) is 8.01. The zero-order chi connectivity index (χ0) is 16.1. The van der Waals surface area contributed by atoms with Gasteiger partial charge in [0.1, 0.15) is 5.01 Å². The lowest BCUT2D eigenvalue weighted by Gasteiger charge is -2.21. The minimum atomic E-state index is 0.472. The van der Waals surface area contributed by atoms with Crippen molar-refractivity contribution in [2.45, 2.75) is 39.8 Å². The average Bonchev–Trinajstić information content (AvgIpc) is 3.09. The Hall–Kier alpha value is -1.82. The predicted molar refractivity (Wildman–Crippen MR) is 93.4 cm³/mol. The number of hydrogen-bond acceptors (Lipinski definition) is 3. The molecule has 0 aliphatic heterocycles. The maximum Gasteiger partial charge on any atom is 0.194 e. The molecular weight excluding hydrogens is 294 g/mol. The van der Waals surface area contributed by atoms with Crippen LogP contribution in [0.25, 0.3) is 0 Å². The van der Waals surface area contributed by atoms with Gasteiger partial charge in [0.15, 0.2) is 5.96 Å². The topological polar surface area (TPSA) is 56.3 Å². The smallest absolute Gasteiger partial charge is 0.194 e. The molecule has 0 saturated carbocycles. The van der Waals surface area contributed by atoms with Crippen LogP contribution in [0.3, 0.4) is 0 Å². The molecule has 0 fully saturated rings. The standard InChI is InChI=1S/C16H25N5S/c1-11(2)15-12(3)22-14(20-15)9-19-16(17-4)21(5)10-13-7-6-8-18-13/h6-8,11,18H,9-10H2,1-5H3,(H,17,19). The summed E-state index contributed by atoms with van der Waals surface area (Å²) in [4.78, 5) is 15.7. The molecule has 2 rings (SSSR count). The number of nitrogens with zero attached hydrogens (tertiary/aromatic N) is 3. The fourth-order valence-electron chi connectivity index (χ4n) is 2.41. The van der Waals surface area contributed by atoms with Gasteiger partial charge in [0, 0.05) is 30.9 Å². The van der Waals surface area contributed by atoms with Gasteiger partial charge in [0.05, 0.1) is 18.8 Å². The zero-order valence-corrected chi connectivity index (χ0v) is 14.8. The number of hydrogen-bond donors (Lipinski definition) is 2. The van der Waals surface area contributed by atoms with E-state index < -0.39 is 0 Å². The third kappa shape index (κ3) is 4.10. The van der Waals surface area contributed by atoms with Crippen molar-refractivity contribution in [3.05, 3.63) is 39.6 Å². The number of thiazole rings is 1. The fraction of sp³-hybridized carbons (Fsp3) is 0.500. The van der Waals surface area contributed by atoms with Gasteiger partial charge in [-0.05, 0) is 25.0 Å². The van der Waals surface area contributed by atoms with Crippen LogP contribution in [-0.2, 0) is 13.1 Å². The van der Waals surface area contributed by atoms with Gasteiger partial charge < -0.3 is 15.2 Å². The molecule has 0 aromatic carbocycles. The van der Waals surface area contributed by atoms with Crippen molar-refractivity contribution in [2.24, 2.45) is 4.99 Å². The van der Waals surface area contributed by atoms with E-state index in [1.54, 1.807) is 18.4 Å². The SMILES string of the molecule is CN=C(NCc1nc(C(C)C)c(C)s1)N(C)Cc1ccc[nH]1. The second-order valence-corrected chi connectivity index (χ2v) is 6.94. The second kappa shape index (κ2) is 7.45. The molecule has 0 bridgehead atoms. The van der Waals surface area contributed by atoms with Crippen LogP contribution in [-0.4, -0.2) is 34.9 Å². The summed E-state index contributed by atoms with van der Waals surface area (Å²) in [5, 5.41) is 4.49. The van der Waals surface area contributed by atoms with Crippen molar-refractivity contribution in [3.63, 3.8) is 0 Å². The zero-order valence-electron chi connectivity index (χ0n) is 14.0. The van der Waals surface area contributed by atoms with Crippen molar-refractivity contribution in [1.82, 2.24) is 20.2 Å². The lowest BCUT2D eigenvalue weighted by molar-refractivity contribution is 0.470. The first-order valence-electron chi connectivity index (χ1n) is 7.51. The largest absolute Gasteiger partial charge is 0.364 e. The molecule has 5 nitrogen and oxygen atoms in total. The first-order valence-corrected chi connectivity index (χ1v) is 8.33. The van der Waals surface area contributed by atoms with E-state index in [2.05, 4.69) is 47.0 Å². The van der Waals surface area contributed by atoms with Gasteiger partial charge in [-0.25, -0.2) is 4.98 Å². The number of nitrogens with one attached hydrogen (secondary N) is 2. The number of aryl methyl sites for hydroxylation is 1. The monoisotopic (exact) mass is 319 g/mol. The van der Waals surface area contributed by atoms with Crippen LogP contribution in [0, 0.1) is 6.92 Å². The molecule has 0 aliphatic carbocycles. The van der Waals surface area contributed by atoms with Crippen LogP contribution in [0.2, 0.25) is 0 Å². The number of rotatable bonds is 5. The van der Waals surface area contributed by atoms with E-state index in [0.717, 1.165) is 23.2 Å². The molecule has 2 aromatic rings. The van der Waals surface area contributed by atoms with E-state index in [0.29, 0.717) is 12.5 Å². The summed E-state index contributed by atoms with van der Waals surface area (Å²) >= 11 is 1.76. The lowest BCUT2D eigenvalue weighted by atomic mass is 10.1. The number of aliphatic imine (C=N–C) groups is 1. The van der Waals surface area contributed by atoms with Crippen molar-refractivity contribution in [3.8, 4) is 0 Å². The van der Waals surface area contributed by atoms with Gasteiger partial charge in [0.2, 0.25) is 0 Å². The molecule has 0 unspecified atom stereocenters. The van der Waals surface area contributed by atoms with Crippen LogP contribution >= 0.6 is 11.3 Å². The Morgan fingerprint density at radius 3 is 2.82 bits per heavy atom. The summed E-state index contributed by atoms with van der Waals surface area (Å²) in [5.41, 5.74) is 2.37. The van der Waals surface area contributed by atoms with E-state index >= 15 is 0 Å². The van der Waals surface area contributed by atoms with Crippen molar-refractivity contribution in [2.75, 3.05) is 14.1 Å². The van der Waals surface area contributed by atoms with E-state index in [4.69, 9.17) is 4.98 Å². The van der Waals surface area contributed by atoms with Gasteiger partial charge in [-0.1, -0.05) is 13.8 Å². The van der Waals surface area contributed by atoms with Crippen LogP contribution in [0.15, 0.2) is 23.3 Å². The number of guanidine groups is 1. The molecule has 6 heteroatoms. The van der Waals surface area contributed by atoms with Crippen LogP contribution in [0.4, 0.5) is 0 Å². The van der Waals surface area contributed by atoms with Gasteiger partial charge in [-0.3, -0.25) is 4.99 Å². The highest BCUT2D eigenvalue weighted by molar-refractivity contribution is 7.11. The van der Waals surface area contributed by atoms with Gasteiger partial charge in [0.25, 0.3) is 0 Å². The van der Waals surface area contributed by atoms with Crippen LogP contribution < -0.4 is 5.32 Å². The average molecular weight is 319 g/mol. The molecule has 22 heavy (non-hydrogen) atoms. The molecule has 120 valence electrons. The lowest BCUT2D eigenvalue weighted by Crippen LogP contribution is -2.38. The first kappa shape index (κ1) is 16.5. The van der Waals surface area contributed by atoms with E-state index in [1.165, 1.54) is 10.6 Å². The number of aromatic nitrogens is 2. The van der Waals surface area contributed by atoms with E-state index in [1.807, 2.05) is 19.3 Å². The van der Waals surface area contributed by atoms with Gasteiger partial charge in [-0.2, -0.15) is 0 Å². The van der Waals surface area contributed by atoms with E-state index in [9.17, 15) is 0 Å². The Balaban J connectivity index is 1.95. The molecule has 0 saturated heterocycles. The maximum absolute atomic E-state index is 4.73. The van der Waals surface area contributed by atoms with Crippen LogP contribution in [0.5, 0.6) is 0 Å². The van der Waals surface area contributed by atoms with E-state index in [-0.39, 0.29) is 0 Å². The Bertz CT molecular complexity index is 613. The summed E-state index contributed by atoms with van der Waals surface area (Å²) in [7, 11) is 3.84. The summed E-state index contributed by atoms with van der Waals surface area (Å²) in [6, 6.07) is 4.08.